The van der Waals surface area contributed by atoms with Gasteiger partial charge in [-0.05, 0) is 43.0 Å². The largest absolute Gasteiger partial charge is 0.493 e. The smallest absolute Gasteiger partial charge is 0.193 e. The van der Waals surface area contributed by atoms with Crippen LogP contribution in [0.5, 0.6) is 11.5 Å². The third-order valence-corrected chi connectivity index (χ3v) is 3.81. The molecule has 1 atom stereocenters. The average Bonchev–Trinajstić information content (AvgIpc) is 2.59. The van der Waals surface area contributed by atoms with Crippen molar-refractivity contribution in [2.24, 2.45) is 10.9 Å². The van der Waals surface area contributed by atoms with E-state index in [0.717, 1.165) is 35.1 Å². The number of aliphatic hydroxyl groups excluding tert-OH is 1. The minimum Gasteiger partial charge on any atom is -0.493 e. The summed E-state index contributed by atoms with van der Waals surface area (Å²) in [5.74, 6) is 2.43. The normalized spacial score (nSPS) is 12.2. The standard InChI is InChI=1S/C18H31N3O3.HI/c1-7-19-18(20-10-13(2)12-22)21(4)11-15-9-17(24-6)16(23-5)8-14(15)3;/h8-9,13,22H,7,10-12H2,1-6H3,(H,19,20);1H. The highest BCUT2D eigenvalue weighted by atomic mass is 127. The van der Waals surface area contributed by atoms with E-state index in [0.29, 0.717) is 13.1 Å². The van der Waals surface area contributed by atoms with Crippen molar-refractivity contribution in [3.8, 4) is 11.5 Å². The fourth-order valence-electron chi connectivity index (χ4n) is 2.29. The van der Waals surface area contributed by atoms with Gasteiger partial charge in [0.2, 0.25) is 0 Å². The van der Waals surface area contributed by atoms with Crippen LogP contribution >= 0.6 is 24.0 Å². The molecule has 6 nitrogen and oxygen atoms in total. The molecule has 7 heteroatoms. The molecule has 0 heterocycles. The molecule has 0 fully saturated rings. The van der Waals surface area contributed by atoms with Crippen LogP contribution in [0.4, 0.5) is 0 Å². The van der Waals surface area contributed by atoms with Gasteiger partial charge in [0.25, 0.3) is 0 Å². The fourth-order valence-corrected chi connectivity index (χ4v) is 2.29. The Bertz CT molecular complexity index is 553. The van der Waals surface area contributed by atoms with E-state index >= 15 is 0 Å². The summed E-state index contributed by atoms with van der Waals surface area (Å²) in [5, 5.41) is 12.5. The molecule has 144 valence electrons. The number of halogens is 1. The molecule has 1 rings (SSSR count). The molecule has 0 radical (unpaired) electrons. The molecule has 0 saturated carbocycles. The second-order valence-electron chi connectivity index (χ2n) is 5.97. The summed E-state index contributed by atoms with van der Waals surface area (Å²) < 4.78 is 10.7. The van der Waals surface area contributed by atoms with Gasteiger partial charge >= 0.3 is 0 Å². The lowest BCUT2D eigenvalue weighted by molar-refractivity contribution is 0.241. The van der Waals surface area contributed by atoms with E-state index in [4.69, 9.17) is 14.6 Å². The number of guanidine groups is 1. The first kappa shape index (κ1) is 23.8. The van der Waals surface area contributed by atoms with E-state index < -0.39 is 0 Å². The second kappa shape index (κ2) is 12.2. The summed E-state index contributed by atoms with van der Waals surface area (Å²) in [6.07, 6.45) is 0. The number of nitrogens with one attached hydrogen (secondary N) is 1. The first-order chi connectivity index (χ1) is 11.5. The lowest BCUT2D eigenvalue weighted by Crippen LogP contribution is -2.39. The van der Waals surface area contributed by atoms with Crippen LogP contribution in [0.2, 0.25) is 0 Å². The summed E-state index contributed by atoms with van der Waals surface area (Å²) in [6.45, 7) is 8.30. The van der Waals surface area contributed by atoms with Crippen LogP contribution in [0.1, 0.15) is 25.0 Å². The molecule has 0 spiro atoms. The van der Waals surface area contributed by atoms with Gasteiger partial charge in [-0.1, -0.05) is 6.92 Å². The molecule has 1 aromatic rings. The van der Waals surface area contributed by atoms with Gasteiger partial charge in [0.05, 0.1) is 14.2 Å². The molecule has 0 amide bonds. The van der Waals surface area contributed by atoms with Crippen LogP contribution in [0.25, 0.3) is 0 Å². The number of aliphatic imine (C=N–C) groups is 1. The third-order valence-electron chi connectivity index (χ3n) is 3.81. The van der Waals surface area contributed by atoms with Gasteiger partial charge in [-0.3, -0.25) is 4.99 Å². The van der Waals surface area contributed by atoms with Crippen molar-refractivity contribution in [3.05, 3.63) is 23.3 Å². The minimum absolute atomic E-state index is 0. The Morgan fingerprint density at radius 2 is 1.88 bits per heavy atom. The summed E-state index contributed by atoms with van der Waals surface area (Å²) in [4.78, 5) is 6.67. The quantitative estimate of drug-likeness (QED) is 0.351. The van der Waals surface area contributed by atoms with Gasteiger partial charge < -0.3 is 24.8 Å². The van der Waals surface area contributed by atoms with Crippen molar-refractivity contribution >= 4 is 29.9 Å². The van der Waals surface area contributed by atoms with Crippen molar-refractivity contribution in [2.75, 3.05) is 41.0 Å². The lowest BCUT2D eigenvalue weighted by atomic mass is 10.1. The first-order valence-electron chi connectivity index (χ1n) is 8.28. The maximum absolute atomic E-state index is 9.17. The molecule has 2 N–H and O–H groups in total. The Kier molecular flexibility index (Phi) is 11.6. The van der Waals surface area contributed by atoms with Crippen LogP contribution in [-0.2, 0) is 6.54 Å². The number of benzene rings is 1. The van der Waals surface area contributed by atoms with E-state index in [9.17, 15) is 0 Å². The number of ether oxygens (including phenoxy) is 2. The molecular formula is C18H32IN3O3. The maximum Gasteiger partial charge on any atom is 0.193 e. The number of aryl methyl sites for hydroxylation is 1. The minimum atomic E-state index is 0. The van der Waals surface area contributed by atoms with Gasteiger partial charge in [0.1, 0.15) is 0 Å². The summed E-state index contributed by atoms with van der Waals surface area (Å²) in [5.41, 5.74) is 2.29. The zero-order valence-electron chi connectivity index (χ0n) is 16.1. The topological polar surface area (TPSA) is 66.3 Å². The number of hydrogen-bond donors (Lipinski definition) is 2. The molecule has 25 heavy (non-hydrogen) atoms. The van der Waals surface area contributed by atoms with Crippen LogP contribution in [0.15, 0.2) is 17.1 Å². The van der Waals surface area contributed by atoms with E-state index in [1.165, 1.54) is 0 Å². The summed E-state index contributed by atoms with van der Waals surface area (Å²) >= 11 is 0. The number of aliphatic hydroxyl groups is 1. The number of hydrogen-bond acceptors (Lipinski definition) is 4. The molecule has 0 aliphatic rings. The first-order valence-corrected chi connectivity index (χ1v) is 8.28. The van der Waals surface area contributed by atoms with Crippen molar-refractivity contribution in [1.82, 2.24) is 10.2 Å². The molecule has 0 saturated heterocycles. The number of methoxy groups -OCH3 is 2. The molecule has 0 aliphatic heterocycles. The van der Waals surface area contributed by atoms with Gasteiger partial charge in [-0.2, -0.15) is 0 Å². The molecular weight excluding hydrogens is 433 g/mol. The van der Waals surface area contributed by atoms with Crippen LogP contribution in [0.3, 0.4) is 0 Å². The van der Waals surface area contributed by atoms with Crippen molar-refractivity contribution in [3.63, 3.8) is 0 Å². The zero-order chi connectivity index (χ0) is 18.1. The van der Waals surface area contributed by atoms with E-state index in [1.807, 2.05) is 33.0 Å². The van der Waals surface area contributed by atoms with Gasteiger partial charge in [-0.15, -0.1) is 24.0 Å². The van der Waals surface area contributed by atoms with E-state index in [1.54, 1.807) is 14.2 Å². The van der Waals surface area contributed by atoms with Crippen molar-refractivity contribution in [1.29, 1.82) is 0 Å². The molecule has 0 aromatic heterocycles. The second-order valence-corrected chi connectivity index (χ2v) is 5.97. The van der Waals surface area contributed by atoms with Crippen LogP contribution < -0.4 is 14.8 Å². The van der Waals surface area contributed by atoms with Gasteiger partial charge in [-0.25, -0.2) is 0 Å². The van der Waals surface area contributed by atoms with Gasteiger partial charge in [0, 0.05) is 33.3 Å². The monoisotopic (exact) mass is 465 g/mol. The number of nitrogens with zero attached hydrogens (tertiary/aromatic N) is 2. The Morgan fingerprint density at radius 1 is 1.28 bits per heavy atom. The predicted molar refractivity (Wildman–Crippen MR) is 113 cm³/mol. The predicted octanol–water partition coefficient (Wildman–Crippen LogP) is 2.66. The average molecular weight is 465 g/mol. The Hall–Kier alpha value is -1.22. The fraction of sp³-hybridized carbons (Fsp3) is 0.611. The van der Waals surface area contributed by atoms with Crippen LogP contribution in [0, 0.1) is 12.8 Å². The molecule has 0 bridgehead atoms. The highest BCUT2D eigenvalue weighted by Crippen LogP contribution is 2.30. The van der Waals surface area contributed by atoms with Gasteiger partial charge in [0.15, 0.2) is 17.5 Å². The van der Waals surface area contributed by atoms with E-state index in [-0.39, 0.29) is 36.5 Å². The summed E-state index contributed by atoms with van der Waals surface area (Å²) in [6, 6.07) is 3.99. The van der Waals surface area contributed by atoms with E-state index in [2.05, 4.69) is 22.1 Å². The van der Waals surface area contributed by atoms with Crippen molar-refractivity contribution in [2.45, 2.75) is 27.3 Å². The third kappa shape index (κ3) is 7.27. The molecule has 1 aromatic carbocycles. The molecule has 0 aliphatic carbocycles. The number of rotatable bonds is 8. The lowest BCUT2D eigenvalue weighted by Gasteiger charge is -2.24. The maximum atomic E-state index is 9.17. The highest BCUT2D eigenvalue weighted by Gasteiger charge is 2.13. The summed E-state index contributed by atoms with van der Waals surface area (Å²) in [7, 11) is 5.28. The SMILES string of the molecule is CCNC(=NCC(C)CO)N(C)Cc1cc(OC)c(OC)cc1C.I. The Morgan fingerprint density at radius 3 is 2.40 bits per heavy atom. The highest BCUT2D eigenvalue weighted by molar-refractivity contribution is 14.0. The Balaban J connectivity index is 0.00000576. The van der Waals surface area contributed by atoms with Crippen molar-refractivity contribution < 1.29 is 14.6 Å². The van der Waals surface area contributed by atoms with Crippen LogP contribution in [-0.4, -0.2) is 56.9 Å². The molecule has 1 unspecified atom stereocenters. The zero-order valence-corrected chi connectivity index (χ0v) is 18.5. The Labute approximate surface area is 168 Å².